The molecule has 0 amide bonds. The molecule has 0 saturated heterocycles. The van der Waals surface area contributed by atoms with Crippen LogP contribution in [0, 0.1) is 5.92 Å². The fourth-order valence-corrected chi connectivity index (χ4v) is 1.96. The van der Waals surface area contributed by atoms with Crippen LogP contribution in [0.1, 0.15) is 19.7 Å². The number of aromatic nitrogens is 3. The Balaban J connectivity index is 3.19. The van der Waals surface area contributed by atoms with Crippen molar-refractivity contribution in [3.63, 3.8) is 0 Å². The van der Waals surface area contributed by atoms with Gasteiger partial charge in [-0.25, -0.2) is 13.6 Å². The van der Waals surface area contributed by atoms with Gasteiger partial charge in [0.15, 0.2) is 5.82 Å². The van der Waals surface area contributed by atoms with Gasteiger partial charge in [-0.15, -0.1) is 10.2 Å². The van der Waals surface area contributed by atoms with Crippen LogP contribution in [0.25, 0.3) is 0 Å². The van der Waals surface area contributed by atoms with Crippen molar-refractivity contribution in [2.75, 3.05) is 7.11 Å². The van der Waals surface area contributed by atoms with Gasteiger partial charge in [0.05, 0.1) is 0 Å². The molecular weight excluding hydrogens is 232 g/mol. The van der Waals surface area contributed by atoms with Crippen molar-refractivity contribution in [3.8, 4) is 0 Å². The van der Waals surface area contributed by atoms with Crippen molar-refractivity contribution in [2.45, 2.75) is 32.2 Å². The van der Waals surface area contributed by atoms with Gasteiger partial charge in [-0.1, -0.05) is 13.8 Å². The van der Waals surface area contributed by atoms with E-state index >= 15 is 0 Å². The molecule has 1 aromatic rings. The SMILES string of the molecule is COCc1nnc(S(N)(=O)=O)n1CC(C)C. The number of primary sulfonamides is 1. The molecule has 0 aliphatic carbocycles. The lowest BCUT2D eigenvalue weighted by atomic mass is 10.2. The normalized spacial score (nSPS) is 12.3. The highest BCUT2D eigenvalue weighted by molar-refractivity contribution is 7.89. The molecule has 8 heteroatoms. The Bertz CT molecular complexity index is 452. The highest BCUT2D eigenvalue weighted by Crippen LogP contribution is 2.11. The fraction of sp³-hybridized carbons (Fsp3) is 0.750. The molecular formula is C8H16N4O3S. The van der Waals surface area contributed by atoms with Gasteiger partial charge in [0.1, 0.15) is 6.61 Å². The summed E-state index contributed by atoms with van der Waals surface area (Å²) < 4.78 is 28.9. The second-order valence-electron chi connectivity index (χ2n) is 3.88. The Morgan fingerprint density at radius 3 is 2.50 bits per heavy atom. The van der Waals surface area contributed by atoms with Crippen LogP contribution in [0.5, 0.6) is 0 Å². The van der Waals surface area contributed by atoms with Gasteiger partial charge in [0.2, 0.25) is 0 Å². The second-order valence-corrected chi connectivity index (χ2v) is 5.34. The molecule has 1 aromatic heterocycles. The van der Waals surface area contributed by atoms with E-state index in [4.69, 9.17) is 9.88 Å². The summed E-state index contributed by atoms with van der Waals surface area (Å²) in [6, 6.07) is 0. The smallest absolute Gasteiger partial charge is 0.273 e. The first-order valence-electron chi connectivity index (χ1n) is 4.80. The summed E-state index contributed by atoms with van der Waals surface area (Å²) in [6.45, 7) is 4.61. The van der Waals surface area contributed by atoms with Crippen LogP contribution in [0.4, 0.5) is 0 Å². The largest absolute Gasteiger partial charge is 0.377 e. The summed E-state index contributed by atoms with van der Waals surface area (Å²) in [5.74, 6) is 0.715. The van der Waals surface area contributed by atoms with Gasteiger partial charge in [-0.05, 0) is 5.92 Å². The molecule has 92 valence electrons. The highest BCUT2D eigenvalue weighted by Gasteiger charge is 2.21. The van der Waals surface area contributed by atoms with E-state index in [-0.39, 0.29) is 17.7 Å². The average Bonchev–Trinajstić information content (AvgIpc) is 2.47. The first-order valence-corrected chi connectivity index (χ1v) is 6.34. The number of nitrogens with two attached hydrogens (primary N) is 1. The maximum absolute atomic E-state index is 11.3. The molecule has 0 aliphatic heterocycles. The van der Waals surface area contributed by atoms with E-state index in [0.29, 0.717) is 12.4 Å². The number of hydrogen-bond acceptors (Lipinski definition) is 5. The summed E-state index contributed by atoms with van der Waals surface area (Å²) in [6.07, 6.45) is 0. The Hall–Kier alpha value is -0.990. The first-order chi connectivity index (χ1) is 7.36. The average molecular weight is 248 g/mol. The predicted molar refractivity (Wildman–Crippen MR) is 56.9 cm³/mol. The lowest BCUT2D eigenvalue weighted by molar-refractivity contribution is 0.172. The van der Waals surface area contributed by atoms with Crippen molar-refractivity contribution in [3.05, 3.63) is 5.82 Å². The van der Waals surface area contributed by atoms with Crippen molar-refractivity contribution in [1.82, 2.24) is 14.8 Å². The van der Waals surface area contributed by atoms with E-state index < -0.39 is 10.0 Å². The molecule has 16 heavy (non-hydrogen) atoms. The monoisotopic (exact) mass is 248 g/mol. The maximum atomic E-state index is 11.3. The summed E-state index contributed by atoms with van der Waals surface area (Å²) in [7, 11) is -2.34. The third-order valence-corrected chi connectivity index (χ3v) is 2.68. The van der Waals surface area contributed by atoms with Crippen molar-refractivity contribution >= 4 is 10.0 Å². The van der Waals surface area contributed by atoms with Gasteiger partial charge in [0, 0.05) is 13.7 Å². The number of nitrogens with zero attached hydrogens (tertiary/aromatic N) is 3. The van der Waals surface area contributed by atoms with Crippen LogP contribution < -0.4 is 5.14 Å². The van der Waals surface area contributed by atoms with E-state index in [1.165, 1.54) is 11.7 Å². The number of hydrogen-bond donors (Lipinski definition) is 1. The number of rotatable bonds is 5. The van der Waals surface area contributed by atoms with E-state index in [1.54, 1.807) is 0 Å². The minimum atomic E-state index is -3.84. The van der Waals surface area contributed by atoms with Crippen molar-refractivity contribution in [1.29, 1.82) is 0 Å². The van der Waals surface area contributed by atoms with Gasteiger partial charge in [-0.3, -0.25) is 4.57 Å². The summed E-state index contributed by atoms with van der Waals surface area (Å²) in [4.78, 5) is 0. The van der Waals surface area contributed by atoms with E-state index in [1.807, 2.05) is 13.8 Å². The predicted octanol–water partition coefficient (Wildman–Crippen LogP) is -0.272. The van der Waals surface area contributed by atoms with Crippen molar-refractivity contribution < 1.29 is 13.2 Å². The third kappa shape index (κ3) is 3.00. The molecule has 0 spiro atoms. The number of sulfonamides is 1. The third-order valence-electron chi connectivity index (χ3n) is 1.87. The van der Waals surface area contributed by atoms with Crippen LogP contribution in [-0.2, 0) is 27.9 Å². The van der Waals surface area contributed by atoms with Gasteiger partial charge in [-0.2, -0.15) is 0 Å². The maximum Gasteiger partial charge on any atom is 0.273 e. The molecule has 2 N–H and O–H groups in total. The molecule has 1 heterocycles. The molecule has 7 nitrogen and oxygen atoms in total. The lowest BCUT2D eigenvalue weighted by Gasteiger charge is -2.10. The van der Waals surface area contributed by atoms with Gasteiger partial charge in [0.25, 0.3) is 15.2 Å². The van der Waals surface area contributed by atoms with Crippen LogP contribution in [0.2, 0.25) is 0 Å². The standard InChI is InChI=1S/C8H16N4O3S/c1-6(2)4-12-7(5-15-3)10-11-8(12)16(9,13)14/h6H,4-5H2,1-3H3,(H2,9,13,14). The second kappa shape index (κ2) is 4.89. The summed E-state index contributed by atoms with van der Waals surface area (Å²) in [5, 5.41) is 12.2. The van der Waals surface area contributed by atoms with E-state index in [2.05, 4.69) is 10.2 Å². The first kappa shape index (κ1) is 13.1. The van der Waals surface area contributed by atoms with Crippen LogP contribution in [0.15, 0.2) is 5.16 Å². The quantitative estimate of drug-likeness (QED) is 0.773. The minimum absolute atomic E-state index is 0.204. The Labute approximate surface area is 94.7 Å². The number of ether oxygens (including phenoxy) is 1. The highest BCUT2D eigenvalue weighted by atomic mass is 32.2. The summed E-state index contributed by atoms with van der Waals surface area (Å²) >= 11 is 0. The molecule has 0 unspecified atom stereocenters. The van der Waals surface area contributed by atoms with Gasteiger partial charge >= 0.3 is 0 Å². The Morgan fingerprint density at radius 1 is 1.44 bits per heavy atom. The van der Waals surface area contributed by atoms with Crippen LogP contribution in [0.3, 0.4) is 0 Å². The molecule has 0 saturated carbocycles. The lowest BCUT2D eigenvalue weighted by Crippen LogP contribution is -2.21. The fourth-order valence-electron chi connectivity index (χ4n) is 1.31. The minimum Gasteiger partial charge on any atom is -0.377 e. The molecule has 1 rings (SSSR count). The molecule has 0 bridgehead atoms. The van der Waals surface area contributed by atoms with Crippen LogP contribution in [-0.4, -0.2) is 30.3 Å². The topological polar surface area (TPSA) is 100 Å². The molecule has 0 aromatic carbocycles. The molecule has 0 fully saturated rings. The Kier molecular flexibility index (Phi) is 4.00. The molecule has 0 radical (unpaired) electrons. The molecule has 0 aliphatic rings. The van der Waals surface area contributed by atoms with E-state index in [0.717, 1.165) is 0 Å². The Morgan fingerprint density at radius 2 is 2.06 bits per heavy atom. The van der Waals surface area contributed by atoms with E-state index in [9.17, 15) is 8.42 Å². The summed E-state index contributed by atoms with van der Waals surface area (Å²) in [5.41, 5.74) is 0. The zero-order valence-electron chi connectivity index (χ0n) is 9.54. The zero-order chi connectivity index (χ0) is 12.3. The van der Waals surface area contributed by atoms with Crippen LogP contribution >= 0.6 is 0 Å². The van der Waals surface area contributed by atoms with Gasteiger partial charge < -0.3 is 4.74 Å². The number of methoxy groups -OCH3 is 1. The molecule has 0 atom stereocenters. The van der Waals surface area contributed by atoms with Crippen molar-refractivity contribution in [2.24, 2.45) is 11.1 Å². The zero-order valence-corrected chi connectivity index (χ0v) is 10.4.